The van der Waals surface area contributed by atoms with E-state index in [2.05, 4.69) is 10.6 Å². The molecule has 0 saturated carbocycles. The second-order valence-corrected chi connectivity index (χ2v) is 5.32. The van der Waals surface area contributed by atoms with E-state index < -0.39 is 11.8 Å². The molecular weight excluding hydrogens is 320 g/mol. The van der Waals surface area contributed by atoms with Crippen LogP contribution in [0.3, 0.4) is 0 Å². The molecule has 0 fully saturated rings. The quantitative estimate of drug-likeness (QED) is 0.759. The molecule has 6 heteroatoms. The van der Waals surface area contributed by atoms with Crippen molar-refractivity contribution in [1.29, 1.82) is 0 Å². The van der Waals surface area contributed by atoms with Gasteiger partial charge in [0.15, 0.2) is 0 Å². The van der Waals surface area contributed by atoms with E-state index in [-0.39, 0.29) is 6.54 Å². The zero-order valence-electron chi connectivity index (χ0n) is 14.4. The van der Waals surface area contributed by atoms with Gasteiger partial charge in [-0.25, -0.2) is 0 Å². The Hall–Kier alpha value is -3.02. The van der Waals surface area contributed by atoms with Gasteiger partial charge in [0.1, 0.15) is 11.5 Å². The Morgan fingerprint density at radius 3 is 2.40 bits per heavy atom. The molecule has 2 rings (SSSR count). The van der Waals surface area contributed by atoms with Crippen LogP contribution in [-0.4, -0.2) is 25.5 Å². The van der Waals surface area contributed by atoms with Gasteiger partial charge in [-0.05, 0) is 36.8 Å². The third-order valence-corrected chi connectivity index (χ3v) is 3.42. The van der Waals surface area contributed by atoms with Crippen LogP contribution in [0.5, 0.6) is 11.5 Å². The van der Waals surface area contributed by atoms with E-state index in [1.807, 2.05) is 25.1 Å². The minimum Gasteiger partial charge on any atom is -0.496 e. The molecule has 0 atom stereocenters. The van der Waals surface area contributed by atoms with E-state index in [0.717, 1.165) is 17.7 Å². The van der Waals surface area contributed by atoms with Crippen molar-refractivity contribution in [3.8, 4) is 11.5 Å². The first kappa shape index (κ1) is 18.3. The maximum absolute atomic E-state index is 12.0. The molecule has 0 aromatic heterocycles. The number of para-hydroxylation sites is 1. The number of nitrogens with one attached hydrogen (secondary N) is 2. The summed E-state index contributed by atoms with van der Waals surface area (Å²) in [5.74, 6) is -0.0549. The van der Waals surface area contributed by atoms with Gasteiger partial charge in [-0.1, -0.05) is 25.1 Å². The van der Waals surface area contributed by atoms with Crippen LogP contribution < -0.4 is 20.1 Å². The van der Waals surface area contributed by atoms with E-state index in [1.165, 1.54) is 0 Å². The lowest BCUT2D eigenvalue weighted by Gasteiger charge is -2.10. The molecule has 0 spiro atoms. The Labute approximate surface area is 147 Å². The zero-order valence-corrected chi connectivity index (χ0v) is 14.4. The molecule has 0 heterocycles. The van der Waals surface area contributed by atoms with Crippen LogP contribution in [0, 0.1) is 0 Å². The summed E-state index contributed by atoms with van der Waals surface area (Å²) in [5.41, 5.74) is 1.32. The maximum Gasteiger partial charge on any atom is 0.313 e. The number of carbonyl (C=O) groups excluding carboxylic acids is 2. The Bertz CT molecular complexity index is 714. The van der Waals surface area contributed by atoms with E-state index in [0.29, 0.717) is 18.0 Å². The molecule has 2 N–H and O–H groups in total. The maximum atomic E-state index is 12.0. The highest BCUT2D eigenvalue weighted by atomic mass is 16.5. The van der Waals surface area contributed by atoms with Crippen molar-refractivity contribution in [3.63, 3.8) is 0 Å². The predicted molar refractivity (Wildman–Crippen MR) is 95.7 cm³/mol. The van der Waals surface area contributed by atoms with Crippen LogP contribution in [0.2, 0.25) is 0 Å². The number of amides is 2. The van der Waals surface area contributed by atoms with Crippen molar-refractivity contribution in [2.24, 2.45) is 0 Å². The molecule has 6 nitrogen and oxygen atoms in total. The summed E-state index contributed by atoms with van der Waals surface area (Å²) in [7, 11) is 1.56. The summed E-state index contributed by atoms with van der Waals surface area (Å²) in [6.45, 7) is 2.87. The van der Waals surface area contributed by atoms with Crippen LogP contribution in [0.15, 0.2) is 48.5 Å². The van der Waals surface area contributed by atoms with Crippen molar-refractivity contribution >= 4 is 17.5 Å². The van der Waals surface area contributed by atoms with Gasteiger partial charge in [-0.2, -0.15) is 0 Å². The molecule has 0 unspecified atom stereocenters. The Balaban J connectivity index is 1.86. The summed E-state index contributed by atoms with van der Waals surface area (Å²) >= 11 is 0. The molecule has 2 amide bonds. The van der Waals surface area contributed by atoms with Gasteiger partial charge in [0.05, 0.1) is 13.7 Å². The Kier molecular flexibility index (Phi) is 6.83. The molecule has 25 heavy (non-hydrogen) atoms. The highest BCUT2D eigenvalue weighted by Gasteiger charge is 2.14. The van der Waals surface area contributed by atoms with E-state index in [9.17, 15) is 9.59 Å². The number of benzene rings is 2. The van der Waals surface area contributed by atoms with Crippen molar-refractivity contribution in [1.82, 2.24) is 5.32 Å². The molecule has 0 bridgehead atoms. The molecule has 0 aliphatic rings. The number of ether oxygens (including phenoxy) is 2. The van der Waals surface area contributed by atoms with Crippen molar-refractivity contribution in [2.75, 3.05) is 19.0 Å². The minimum absolute atomic E-state index is 0.208. The number of carbonyl (C=O) groups is 2. The third kappa shape index (κ3) is 5.53. The van der Waals surface area contributed by atoms with Crippen molar-refractivity contribution < 1.29 is 19.1 Å². The fraction of sp³-hybridized carbons (Fsp3) is 0.263. The monoisotopic (exact) mass is 342 g/mol. The van der Waals surface area contributed by atoms with Crippen LogP contribution in [0.1, 0.15) is 18.9 Å². The highest BCUT2D eigenvalue weighted by Crippen LogP contribution is 2.17. The first-order chi connectivity index (χ1) is 12.1. The summed E-state index contributed by atoms with van der Waals surface area (Å²) in [6.07, 6.45) is 0.921. The SMILES string of the molecule is CCCOc1ccc(NC(=O)C(=O)NCc2ccccc2OC)cc1. The van der Waals surface area contributed by atoms with Crippen molar-refractivity contribution in [2.45, 2.75) is 19.9 Å². The molecule has 132 valence electrons. The average molecular weight is 342 g/mol. The molecule has 2 aromatic rings. The minimum atomic E-state index is -0.725. The van der Waals surface area contributed by atoms with Gasteiger partial charge < -0.3 is 20.1 Å². The largest absolute Gasteiger partial charge is 0.496 e. The summed E-state index contributed by atoms with van der Waals surface area (Å²) in [5, 5.41) is 5.13. The lowest BCUT2D eigenvalue weighted by atomic mass is 10.2. The molecule has 0 radical (unpaired) electrons. The predicted octanol–water partition coefficient (Wildman–Crippen LogP) is 2.74. The van der Waals surface area contributed by atoms with Gasteiger partial charge in [-0.3, -0.25) is 9.59 Å². The molecule has 0 saturated heterocycles. The first-order valence-corrected chi connectivity index (χ1v) is 8.08. The lowest BCUT2D eigenvalue weighted by Crippen LogP contribution is -2.35. The van der Waals surface area contributed by atoms with Crippen LogP contribution in [0.4, 0.5) is 5.69 Å². The van der Waals surface area contributed by atoms with E-state index in [1.54, 1.807) is 37.4 Å². The molecule has 0 aliphatic heterocycles. The van der Waals surface area contributed by atoms with Crippen LogP contribution in [0.25, 0.3) is 0 Å². The van der Waals surface area contributed by atoms with Crippen LogP contribution >= 0.6 is 0 Å². The van der Waals surface area contributed by atoms with Gasteiger partial charge in [0.25, 0.3) is 0 Å². The van der Waals surface area contributed by atoms with Gasteiger partial charge in [0, 0.05) is 17.8 Å². The summed E-state index contributed by atoms with van der Waals surface area (Å²) in [6, 6.07) is 14.2. The standard InChI is InChI=1S/C19H22N2O4/c1-3-12-25-16-10-8-15(9-11-16)21-19(23)18(22)20-13-14-6-4-5-7-17(14)24-2/h4-11H,3,12-13H2,1-2H3,(H,20,22)(H,21,23). The highest BCUT2D eigenvalue weighted by molar-refractivity contribution is 6.39. The van der Waals surface area contributed by atoms with E-state index in [4.69, 9.17) is 9.47 Å². The Morgan fingerprint density at radius 1 is 1.00 bits per heavy atom. The number of rotatable bonds is 7. The first-order valence-electron chi connectivity index (χ1n) is 8.08. The van der Waals surface area contributed by atoms with Crippen LogP contribution in [-0.2, 0) is 16.1 Å². The van der Waals surface area contributed by atoms with Gasteiger partial charge in [-0.15, -0.1) is 0 Å². The molecule has 0 aliphatic carbocycles. The number of anilines is 1. The molecular formula is C19H22N2O4. The topological polar surface area (TPSA) is 76.7 Å². The Morgan fingerprint density at radius 2 is 1.72 bits per heavy atom. The fourth-order valence-corrected chi connectivity index (χ4v) is 2.15. The summed E-state index contributed by atoms with van der Waals surface area (Å²) in [4.78, 5) is 23.9. The number of hydrogen-bond donors (Lipinski definition) is 2. The third-order valence-electron chi connectivity index (χ3n) is 3.42. The van der Waals surface area contributed by atoms with Crippen molar-refractivity contribution in [3.05, 3.63) is 54.1 Å². The summed E-state index contributed by atoms with van der Waals surface area (Å²) < 4.78 is 10.7. The fourth-order valence-electron chi connectivity index (χ4n) is 2.15. The van der Waals surface area contributed by atoms with Gasteiger partial charge in [0.2, 0.25) is 0 Å². The second-order valence-electron chi connectivity index (χ2n) is 5.32. The zero-order chi connectivity index (χ0) is 18.1. The van der Waals surface area contributed by atoms with E-state index >= 15 is 0 Å². The smallest absolute Gasteiger partial charge is 0.313 e. The second kappa shape index (κ2) is 9.32. The average Bonchev–Trinajstić information content (AvgIpc) is 2.65. The lowest BCUT2D eigenvalue weighted by molar-refractivity contribution is -0.136. The number of methoxy groups -OCH3 is 1. The number of hydrogen-bond acceptors (Lipinski definition) is 4. The normalized spacial score (nSPS) is 10.0. The van der Waals surface area contributed by atoms with Gasteiger partial charge >= 0.3 is 11.8 Å². The molecule has 2 aromatic carbocycles.